The first-order valence-electron chi connectivity index (χ1n) is 4.70. The van der Waals surface area contributed by atoms with Crippen molar-refractivity contribution >= 4 is 23.4 Å². The summed E-state index contributed by atoms with van der Waals surface area (Å²) >= 11 is 6.09. The number of hydrogen-bond acceptors (Lipinski definition) is 2. The number of nitrogens with zero attached hydrogens (tertiary/aromatic N) is 1. The van der Waals surface area contributed by atoms with Gasteiger partial charge in [0.15, 0.2) is 0 Å². The van der Waals surface area contributed by atoms with Crippen LogP contribution >= 0.6 is 11.6 Å². The first-order valence-corrected chi connectivity index (χ1v) is 5.08. The van der Waals surface area contributed by atoms with E-state index in [1.165, 1.54) is 14.2 Å². The minimum atomic E-state index is -1.05. The second-order valence-electron chi connectivity index (χ2n) is 3.52. The van der Waals surface area contributed by atoms with Crippen LogP contribution in [0.2, 0.25) is 5.02 Å². The minimum Gasteiger partial charge on any atom is -0.495 e. The lowest BCUT2D eigenvalue weighted by atomic mass is 10.1. The van der Waals surface area contributed by atoms with E-state index in [0.717, 1.165) is 10.5 Å². The van der Waals surface area contributed by atoms with Gasteiger partial charge in [0.2, 0.25) is 0 Å². The molecular formula is C11H14ClNO3. The van der Waals surface area contributed by atoms with Crippen molar-refractivity contribution in [3.8, 4) is 5.75 Å². The summed E-state index contributed by atoms with van der Waals surface area (Å²) in [5, 5.41) is 9.53. The van der Waals surface area contributed by atoms with E-state index in [1.54, 1.807) is 13.0 Å². The van der Waals surface area contributed by atoms with E-state index in [2.05, 4.69) is 0 Å². The van der Waals surface area contributed by atoms with Crippen LogP contribution in [0.15, 0.2) is 6.07 Å². The van der Waals surface area contributed by atoms with E-state index in [1.807, 2.05) is 6.92 Å². The molecule has 0 aliphatic rings. The van der Waals surface area contributed by atoms with Crippen LogP contribution in [0.1, 0.15) is 11.1 Å². The van der Waals surface area contributed by atoms with Crippen LogP contribution < -0.4 is 9.64 Å². The lowest BCUT2D eigenvalue weighted by molar-refractivity contribution is 0.203. The summed E-state index contributed by atoms with van der Waals surface area (Å²) in [5.41, 5.74) is 2.03. The summed E-state index contributed by atoms with van der Waals surface area (Å²) in [6, 6.07) is 1.73. The van der Waals surface area contributed by atoms with Gasteiger partial charge in [-0.3, -0.25) is 4.90 Å². The molecule has 0 spiro atoms. The molecule has 1 aromatic carbocycles. The quantitative estimate of drug-likeness (QED) is 0.869. The highest BCUT2D eigenvalue weighted by atomic mass is 35.5. The third-order valence-electron chi connectivity index (χ3n) is 2.45. The standard InChI is InChI=1S/C11H14ClNO3/c1-6-5-8(16-4)10(7(2)9(6)12)13(3)11(14)15/h5H,1-4H3,(H,14,15). The molecule has 0 fully saturated rings. The van der Waals surface area contributed by atoms with Gasteiger partial charge in [0.25, 0.3) is 0 Å². The van der Waals surface area contributed by atoms with E-state index in [-0.39, 0.29) is 0 Å². The Morgan fingerprint density at radius 3 is 2.50 bits per heavy atom. The Morgan fingerprint density at radius 1 is 1.50 bits per heavy atom. The summed E-state index contributed by atoms with van der Waals surface area (Å²) in [4.78, 5) is 12.0. The molecule has 0 atom stereocenters. The zero-order valence-electron chi connectivity index (χ0n) is 9.67. The fourth-order valence-electron chi connectivity index (χ4n) is 1.58. The average molecular weight is 244 g/mol. The summed E-state index contributed by atoms with van der Waals surface area (Å²) in [6.07, 6.45) is -1.05. The van der Waals surface area contributed by atoms with Gasteiger partial charge in [-0.1, -0.05) is 11.6 Å². The maximum Gasteiger partial charge on any atom is 0.411 e. The van der Waals surface area contributed by atoms with Crippen molar-refractivity contribution in [2.75, 3.05) is 19.1 Å². The van der Waals surface area contributed by atoms with Gasteiger partial charge in [-0.15, -0.1) is 0 Å². The number of carboxylic acid groups (broad SMARTS) is 1. The second-order valence-corrected chi connectivity index (χ2v) is 3.90. The molecule has 0 bridgehead atoms. The molecule has 0 heterocycles. The molecule has 4 nitrogen and oxygen atoms in total. The molecule has 0 saturated heterocycles. The number of halogens is 1. The molecule has 88 valence electrons. The van der Waals surface area contributed by atoms with Gasteiger partial charge >= 0.3 is 6.09 Å². The van der Waals surface area contributed by atoms with Gasteiger partial charge in [0.1, 0.15) is 5.75 Å². The van der Waals surface area contributed by atoms with E-state index >= 15 is 0 Å². The fourth-order valence-corrected chi connectivity index (χ4v) is 1.73. The van der Waals surface area contributed by atoms with E-state index < -0.39 is 6.09 Å². The third-order valence-corrected chi connectivity index (χ3v) is 3.04. The number of rotatable bonds is 2. The molecule has 1 amide bonds. The number of anilines is 1. The van der Waals surface area contributed by atoms with Crippen molar-refractivity contribution in [2.24, 2.45) is 0 Å². The Morgan fingerprint density at radius 2 is 2.06 bits per heavy atom. The number of benzene rings is 1. The van der Waals surface area contributed by atoms with Crippen molar-refractivity contribution in [2.45, 2.75) is 13.8 Å². The molecular weight excluding hydrogens is 230 g/mol. The Bertz CT molecular complexity index is 432. The smallest absolute Gasteiger partial charge is 0.411 e. The first-order chi connectivity index (χ1) is 7.40. The highest BCUT2D eigenvalue weighted by Gasteiger charge is 2.19. The molecule has 0 unspecified atom stereocenters. The van der Waals surface area contributed by atoms with Gasteiger partial charge in [-0.05, 0) is 31.0 Å². The predicted octanol–water partition coefficient (Wildman–Crippen LogP) is 3.08. The molecule has 0 aliphatic heterocycles. The second kappa shape index (κ2) is 4.61. The number of methoxy groups -OCH3 is 1. The maximum absolute atomic E-state index is 10.9. The molecule has 0 saturated carbocycles. The van der Waals surface area contributed by atoms with Crippen LogP contribution in [0.4, 0.5) is 10.5 Å². The molecule has 0 aliphatic carbocycles. The maximum atomic E-state index is 10.9. The molecule has 1 N–H and O–H groups in total. The highest BCUT2D eigenvalue weighted by molar-refractivity contribution is 6.32. The SMILES string of the molecule is COc1cc(C)c(Cl)c(C)c1N(C)C(=O)O. The minimum absolute atomic E-state index is 0.477. The summed E-state index contributed by atoms with van der Waals surface area (Å²) < 4.78 is 5.17. The summed E-state index contributed by atoms with van der Waals surface area (Å²) in [6.45, 7) is 3.62. The largest absolute Gasteiger partial charge is 0.495 e. The predicted molar refractivity (Wildman–Crippen MR) is 63.9 cm³/mol. The fraction of sp³-hybridized carbons (Fsp3) is 0.364. The summed E-state index contributed by atoms with van der Waals surface area (Å²) in [5.74, 6) is 0.504. The van der Waals surface area contributed by atoms with Crippen LogP contribution in [-0.4, -0.2) is 25.4 Å². The Labute approximate surface area is 99.4 Å². The van der Waals surface area contributed by atoms with Gasteiger partial charge in [0, 0.05) is 12.1 Å². The van der Waals surface area contributed by atoms with Crippen molar-refractivity contribution in [3.63, 3.8) is 0 Å². The van der Waals surface area contributed by atoms with E-state index in [0.29, 0.717) is 22.0 Å². The highest BCUT2D eigenvalue weighted by Crippen LogP contribution is 2.37. The third kappa shape index (κ3) is 2.07. The van der Waals surface area contributed by atoms with Crippen LogP contribution in [0.5, 0.6) is 5.75 Å². The van der Waals surface area contributed by atoms with Crippen molar-refractivity contribution in [1.29, 1.82) is 0 Å². The Balaban J connectivity index is 3.47. The molecule has 0 aromatic heterocycles. The number of hydrogen-bond donors (Lipinski definition) is 1. The van der Waals surface area contributed by atoms with Gasteiger partial charge < -0.3 is 9.84 Å². The monoisotopic (exact) mass is 243 g/mol. The van der Waals surface area contributed by atoms with Crippen LogP contribution in [-0.2, 0) is 0 Å². The number of ether oxygens (including phenoxy) is 1. The van der Waals surface area contributed by atoms with Crippen LogP contribution in [0.25, 0.3) is 0 Å². The van der Waals surface area contributed by atoms with Gasteiger partial charge in [0.05, 0.1) is 12.8 Å². The van der Waals surface area contributed by atoms with E-state index in [9.17, 15) is 4.79 Å². The van der Waals surface area contributed by atoms with Crippen LogP contribution in [0.3, 0.4) is 0 Å². The van der Waals surface area contributed by atoms with E-state index in [4.69, 9.17) is 21.4 Å². The van der Waals surface area contributed by atoms with Crippen molar-refractivity contribution < 1.29 is 14.6 Å². The molecule has 0 radical (unpaired) electrons. The molecule has 1 aromatic rings. The van der Waals surface area contributed by atoms with Crippen LogP contribution in [0, 0.1) is 13.8 Å². The normalized spacial score (nSPS) is 10.1. The zero-order chi connectivity index (χ0) is 12.5. The zero-order valence-corrected chi connectivity index (χ0v) is 10.4. The average Bonchev–Trinajstić information content (AvgIpc) is 2.24. The Kier molecular flexibility index (Phi) is 3.65. The number of aryl methyl sites for hydroxylation is 1. The molecule has 1 rings (SSSR count). The van der Waals surface area contributed by atoms with Gasteiger partial charge in [-0.25, -0.2) is 4.79 Å². The van der Waals surface area contributed by atoms with Crippen molar-refractivity contribution in [1.82, 2.24) is 0 Å². The first kappa shape index (κ1) is 12.6. The Hall–Kier alpha value is -1.42. The molecule has 16 heavy (non-hydrogen) atoms. The number of amides is 1. The van der Waals surface area contributed by atoms with Crippen molar-refractivity contribution in [3.05, 3.63) is 22.2 Å². The summed E-state index contributed by atoms with van der Waals surface area (Å²) in [7, 11) is 2.96. The molecule has 5 heteroatoms. The lowest BCUT2D eigenvalue weighted by Crippen LogP contribution is -2.25. The number of carbonyl (C=O) groups is 1. The van der Waals surface area contributed by atoms with Gasteiger partial charge in [-0.2, -0.15) is 0 Å². The lowest BCUT2D eigenvalue weighted by Gasteiger charge is -2.21. The topological polar surface area (TPSA) is 49.8 Å².